The van der Waals surface area contributed by atoms with Crippen molar-refractivity contribution < 1.29 is 0 Å². The number of hydrogen-bond donors (Lipinski definition) is 1. The number of rotatable bonds is 5. The molecule has 0 bridgehead atoms. The molecule has 0 spiro atoms. The zero-order valence-corrected chi connectivity index (χ0v) is 9.87. The van der Waals surface area contributed by atoms with E-state index in [2.05, 4.69) is 28.3 Å². The minimum Gasteiger partial charge on any atom is -0.370 e. The van der Waals surface area contributed by atoms with Crippen molar-refractivity contribution in [2.45, 2.75) is 32.6 Å². The van der Waals surface area contributed by atoms with Crippen molar-refractivity contribution in [3.63, 3.8) is 0 Å². The molecule has 0 aliphatic carbocycles. The van der Waals surface area contributed by atoms with Crippen molar-refractivity contribution >= 4 is 11.5 Å². The van der Waals surface area contributed by atoms with E-state index in [0.29, 0.717) is 0 Å². The van der Waals surface area contributed by atoms with Crippen molar-refractivity contribution in [3.8, 4) is 0 Å². The van der Waals surface area contributed by atoms with Crippen LogP contribution in [-0.4, -0.2) is 23.8 Å². The van der Waals surface area contributed by atoms with Crippen LogP contribution in [0.5, 0.6) is 0 Å². The van der Waals surface area contributed by atoms with Crippen LogP contribution in [0.25, 0.3) is 0 Å². The number of aliphatic imine (C=N–C) groups is 1. The molecule has 0 fully saturated rings. The van der Waals surface area contributed by atoms with E-state index in [1.165, 1.54) is 30.5 Å². The van der Waals surface area contributed by atoms with Gasteiger partial charge in [-0.15, -0.1) is 0 Å². The fourth-order valence-corrected chi connectivity index (χ4v) is 1.84. The number of nitrogens with zero attached hydrogens (tertiary/aromatic N) is 2. The van der Waals surface area contributed by atoms with Gasteiger partial charge in [0.15, 0.2) is 0 Å². The average Bonchev–Trinajstić information content (AvgIpc) is 2.84. The second-order valence-corrected chi connectivity index (χ2v) is 4.14. The molecule has 2 heterocycles. The van der Waals surface area contributed by atoms with Gasteiger partial charge in [0.05, 0.1) is 0 Å². The molecule has 3 heteroatoms. The van der Waals surface area contributed by atoms with Gasteiger partial charge >= 0.3 is 0 Å². The highest BCUT2D eigenvalue weighted by atomic mass is 15.0. The van der Waals surface area contributed by atoms with E-state index in [9.17, 15) is 0 Å². The molecular weight excluding hydrogens is 198 g/mol. The summed E-state index contributed by atoms with van der Waals surface area (Å²) in [4.78, 5) is 8.87. The van der Waals surface area contributed by atoms with E-state index < -0.39 is 0 Å². The van der Waals surface area contributed by atoms with Crippen LogP contribution in [0.2, 0.25) is 0 Å². The monoisotopic (exact) mass is 217 g/mol. The van der Waals surface area contributed by atoms with E-state index >= 15 is 0 Å². The van der Waals surface area contributed by atoms with Crippen LogP contribution in [0, 0.1) is 0 Å². The maximum absolute atomic E-state index is 4.47. The summed E-state index contributed by atoms with van der Waals surface area (Å²) in [6.07, 6.45) is 6.62. The predicted molar refractivity (Wildman–Crippen MR) is 68.3 cm³/mol. The molecule has 1 N–H and O–H groups in total. The van der Waals surface area contributed by atoms with Gasteiger partial charge in [0.2, 0.25) is 0 Å². The SMILES string of the molecule is CCCCNc1ccc(C2=NCCC2)cn1. The van der Waals surface area contributed by atoms with Gasteiger partial charge in [-0.2, -0.15) is 0 Å². The van der Waals surface area contributed by atoms with Crippen LogP contribution >= 0.6 is 0 Å². The lowest BCUT2D eigenvalue weighted by molar-refractivity contribution is 0.831. The van der Waals surface area contributed by atoms with E-state index in [1.54, 1.807) is 0 Å². The van der Waals surface area contributed by atoms with Gasteiger partial charge in [-0.1, -0.05) is 13.3 Å². The first-order chi connectivity index (χ1) is 7.90. The first-order valence-corrected chi connectivity index (χ1v) is 6.14. The fraction of sp³-hybridized carbons (Fsp3) is 0.538. The van der Waals surface area contributed by atoms with E-state index in [-0.39, 0.29) is 0 Å². The number of unbranched alkanes of at least 4 members (excludes halogenated alkanes) is 1. The number of anilines is 1. The molecule has 2 rings (SSSR count). The van der Waals surface area contributed by atoms with Gasteiger partial charge in [-0.25, -0.2) is 4.98 Å². The Morgan fingerprint density at radius 1 is 1.38 bits per heavy atom. The largest absolute Gasteiger partial charge is 0.370 e. The summed E-state index contributed by atoms with van der Waals surface area (Å²) in [5, 5.41) is 3.31. The molecule has 0 atom stereocenters. The molecule has 0 radical (unpaired) electrons. The van der Waals surface area contributed by atoms with E-state index in [0.717, 1.165) is 25.3 Å². The molecule has 1 aromatic heterocycles. The lowest BCUT2D eigenvalue weighted by atomic mass is 10.1. The summed E-state index contributed by atoms with van der Waals surface area (Å²) in [6.45, 7) is 4.17. The Labute approximate surface area is 97.0 Å². The van der Waals surface area contributed by atoms with Gasteiger partial charge in [-0.3, -0.25) is 4.99 Å². The molecule has 16 heavy (non-hydrogen) atoms. The van der Waals surface area contributed by atoms with Crippen molar-refractivity contribution in [3.05, 3.63) is 23.9 Å². The third-order valence-electron chi connectivity index (χ3n) is 2.81. The second-order valence-electron chi connectivity index (χ2n) is 4.14. The summed E-state index contributed by atoms with van der Waals surface area (Å²) in [7, 11) is 0. The van der Waals surface area contributed by atoms with Crippen LogP contribution in [0.1, 0.15) is 38.2 Å². The minimum atomic E-state index is 0.968. The molecule has 1 aliphatic heterocycles. The standard InChI is InChI=1S/C13H19N3/c1-2-3-8-15-13-7-6-11(10-16-13)12-5-4-9-14-12/h6-7,10H,2-5,8-9H2,1H3,(H,15,16). The first kappa shape index (κ1) is 11.1. The molecule has 0 saturated heterocycles. The summed E-state index contributed by atoms with van der Waals surface area (Å²) < 4.78 is 0. The summed E-state index contributed by atoms with van der Waals surface area (Å²) >= 11 is 0. The summed E-state index contributed by atoms with van der Waals surface area (Å²) in [5.74, 6) is 0.968. The summed E-state index contributed by atoms with van der Waals surface area (Å²) in [6, 6.07) is 4.16. The highest BCUT2D eigenvalue weighted by molar-refractivity contribution is 6.01. The van der Waals surface area contributed by atoms with Crippen LogP contribution in [-0.2, 0) is 0 Å². The van der Waals surface area contributed by atoms with Gasteiger partial charge in [0.1, 0.15) is 5.82 Å². The van der Waals surface area contributed by atoms with Crippen molar-refractivity contribution in [2.24, 2.45) is 4.99 Å². The van der Waals surface area contributed by atoms with Gasteiger partial charge in [-0.05, 0) is 31.4 Å². The molecule has 0 unspecified atom stereocenters. The Morgan fingerprint density at radius 2 is 2.31 bits per heavy atom. The van der Waals surface area contributed by atoms with Gasteiger partial charge < -0.3 is 5.32 Å². The van der Waals surface area contributed by atoms with Crippen LogP contribution in [0.4, 0.5) is 5.82 Å². The number of nitrogens with one attached hydrogen (secondary N) is 1. The Balaban J connectivity index is 1.93. The minimum absolute atomic E-state index is 0.968. The van der Waals surface area contributed by atoms with Crippen LogP contribution < -0.4 is 5.32 Å². The molecule has 3 nitrogen and oxygen atoms in total. The van der Waals surface area contributed by atoms with Crippen molar-refractivity contribution in [1.29, 1.82) is 0 Å². The number of hydrogen-bond acceptors (Lipinski definition) is 3. The molecule has 1 aliphatic rings. The lowest BCUT2D eigenvalue weighted by Crippen LogP contribution is -2.04. The maximum Gasteiger partial charge on any atom is 0.125 e. The first-order valence-electron chi connectivity index (χ1n) is 6.14. The zero-order valence-electron chi connectivity index (χ0n) is 9.87. The zero-order chi connectivity index (χ0) is 11.2. The molecule has 1 aromatic rings. The van der Waals surface area contributed by atoms with Crippen molar-refractivity contribution in [1.82, 2.24) is 4.98 Å². The number of pyridine rings is 1. The predicted octanol–water partition coefficient (Wildman–Crippen LogP) is 2.88. The highest BCUT2D eigenvalue weighted by Gasteiger charge is 2.08. The van der Waals surface area contributed by atoms with Gasteiger partial charge in [0, 0.05) is 30.6 Å². The Morgan fingerprint density at radius 3 is 2.94 bits per heavy atom. The van der Waals surface area contributed by atoms with Gasteiger partial charge in [0.25, 0.3) is 0 Å². The second kappa shape index (κ2) is 5.64. The quantitative estimate of drug-likeness (QED) is 0.770. The molecular formula is C13H19N3. The van der Waals surface area contributed by atoms with E-state index in [4.69, 9.17) is 0 Å². The molecule has 86 valence electrons. The normalized spacial score (nSPS) is 14.9. The molecule has 0 aromatic carbocycles. The van der Waals surface area contributed by atoms with Crippen molar-refractivity contribution in [2.75, 3.05) is 18.4 Å². The van der Waals surface area contributed by atoms with Crippen LogP contribution in [0.15, 0.2) is 23.3 Å². The highest BCUT2D eigenvalue weighted by Crippen LogP contribution is 2.13. The number of aromatic nitrogens is 1. The Hall–Kier alpha value is -1.38. The maximum atomic E-state index is 4.47. The lowest BCUT2D eigenvalue weighted by Gasteiger charge is -2.05. The Bertz CT molecular complexity index is 354. The Kier molecular flexibility index (Phi) is 3.91. The third-order valence-corrected chi connectivity index (χ3v) is 2.81. The average molecular weight is 217 g/mol. The smallest absolute Gasteiger partial charge is 0.125 e. The molecule has 0 saturated carbocycles. The third kappa shape index (κ3) is 2.81. The summed E-state index contributed by atoms with van der Waals surface area (Å²) in [5.41, 5.74) is 2.39. The fourth-order valence-electron chi connectivity index (χ4n) is 1.84. The topological polar surface area (TPSA) is 37.3 Å². The van der Waals surface area contributed by atoms with E-state index in [1.807, 2.05) is 12.3 Å². The van der Waals surface area contributed by atoms with Crippen LogP contribution in [0.3, 0.4) is 0 Å². The molecule has 0 amide bonds.